The lowest BCUT2D eigenvalue weighted by atomic mass is 10.1. The van der Waals surface area contributed by atoms with Crippen LogP contribution in [0.15, 0.2) is 29.1 Å². The van der Waals surface area contributed by atoms with Crippen LogP contribution < -0.4 is 10.9 Å². The number of aromatic amines is 1. The van der Waals surface area contributed by atoms with Gasteiger partial charge in [-0.25, -0.2) is 4.39 Å². The highest BCUT2D eigenvalue weighted by Gasteiger charge is 2.32. The Morgan fingerprint density at radius 2 is 1.83 bits per heavy atom. The van der Waals surface area contributed by atoms with Gasteiger partial charge < -0.3 is 5.32 Å². The molecule has 2 N–H and O–H groups in total. The Morgan fingerprint density at radius 1 is 1.12 bits per heavy atom. The van der Waals surface area contributed by atoms with Crippen molar-refractivity contribution >= 4 is 23.5 Å². The van der Waals surface area contributed by atoms with Crippen molar-refractivity contribution < 1.29 is 9.18 Å². The number of nitrogens with one attached hydrogen (secondary N) is 2. The Balaban J connectivity index is 1.83. The van der Waals surface area contributed by atoms with E-state index in [1.807, 2.05) is 4.68 Å². The molecule has 0 radical (unpaired) electrons. The van der Waals surface area contributed by atoms with E-state index in [2.05, 4.69) is 10.4 Å². The summed E-state index contributed by atoms with van der Waals surface area (Å²) in [5.74, 6) is 0.415. The van der Waals surface area contributed by atoms with Crippen LogP contribution in [0.25, 0.3) is 0 Å². The highest BCUT2D eigenvalue weighted by atomic mass is 32.2. The van der Waals surface area contributed by atoms with Gasteiger partial charge >= 0.3 is 0 Å². The maximum Gasteiger partial charge on any atom is 0.270 e. The van der Waals surface area contributed by atoms with Crippen LogP contribution in [-0.2, 0) is 4.79 Å². The number of hydrogen-bond donors (Lipinski definition) is 2. The molecule has 24 heavy (non-hydrogen) atoms. The standard InChI is InChI=1S/C17H18FN3O2S/c18-11-7-5-10(6-8-11)15-14-16(19-13(22)9-24-15)21(20-17(14)23)12-3-1-2-4-12/h5-8,12,15H,1-4,9H2,(H,19,22)(H,20,23)/t15-/m0/s1. The number of benzene rings is 1. The minimum absolute atomic E-state index is 0.114. The molecule has 126 valence electrons. The fourth-order valence-corrected chi connectivity index (χ4v) is 4.71. The number of thioether (sulfide) groups is 1. The van der Waals surface area contributed by atoms with Gasteiger partial charge in [0, 0.05) is 0 Å². The first-order valence-corrected chi connectivity index (χ1v) is 9.19. The van der Waals surface area contributed by atoms with Crippen molar-refractivity contribution in [2.24, 2.45) is 0 Å². The molecule has 5 nitrogen and oxygen atoms in total. The summed E-state index contributed by atoms with van der Waals surface area (Å²) in [6, 6.07) is 6.35. The molecule has 1 fully saturated rings. The molecule has 1 aliphatic heterocycles. The number of H-pyrrole nitrogens is 1. The van der Waals surface area contributed by atoms with E-state index < -0.39 is 0 Å². The van der Waals surface area contributed by atoms with Crippen molar-refractivity contribution in [2.75, 3.05) is 11.1 Å². The number of amides is 1. The lowest BCUT2D eigenvalue weighted by molar-refractivity contribution is -0.113. The lowest BCUT2D eigenvalue weighted by Crippen LogP contribution is -2.18. The first-order valence-electron chi connectivity index (χ1n) is 8.15. The fraction of sp³-hybridized carbons (Fsp3) is 0.412. The van der Waals surface area contributed by atoms with Gasteiger partial charge in [0.05, 0.1) is 22.6 Å². The predicted molar refractivity (Wildman–Crippen MR) is 91.9 cm³/mol. The maximum atomic E-state index is 13.2. The number of halogens is 1. The van der Waals surface area contributed by atoms with Gasteiger partial charge in [0.1, 0.15) is 11.6 Å². The van der Waals surface area contributed by atoms with Crippen LogP contribution in [0.1, 0.15) is 48.1 Å². The molecule has 0 unspecified atom stereocenters. The smallest absolute Gasteiger partial charge is 0.270 e. The molecule has 1 amide bonds. The second-order valence-electron chi connectivity index (χ2n) is 6.30. The molecule has 2 aromatic rings. The van der Waals surface area contributed by atoms with E-state index in [-0.39, 0.29) is 34.3 Å². The zero-order valence-corrected chi connectivity index (χ0v) is 13.9. The molecule has 0 spiro atoms. The second-order valence-corrected chi connectivity index (χ2v) is 7.40. The zero-order valence-electron chi connectivity index (χ0n) is 13.0. The summed E-state index contributed by atoms with van der Waals surface area (Å²) in [5.41, 5.74) is 1.21. The average molecular weight is 347 g/mol. The summed E-state index contributed by atoms with van der Waals surface area (Å²) in [6.45, 7) is 0. The monoisotopic (exact) mass is 347 g/mol. The van der Waals surface area contributed by atoms with Crippen molar-refractivity contribution in [3.63, 3.8) is 0 Å². The number of hydrogen-bond acceptors (Lipinski definition) is 3. The van der Waals surface area contributed by atoms with Gasteiger partial charge in [-0.2, -0.15) is 0 Å². The van der Waals surface area contributed by atoms with E-state index >= 15 is 0 Å². The van der Waals surface area contributed by atoms with Crippen molar-refractivity contribution in [1.82, 2.24) is 9.78 Å². The van der Waals surface area contributed by atoms with Crippen molar-refractivity contribution in [3.05, 3.63) is 51.6 Å². The number of anilines is 1. The summed E-state index contributed by atoms with van der Waals surface area (Å²) in [4.78, 5) is 24.8. The van der Waals surface area contributed by atoms with E-state index in [4.69, 9.17) is 0 Å². The normalized spacial score (nSPS) is 21.4. The van der Waals surface area contributed by atoms with E-state index in [0.29, 0.717) is 11.4 Å². The topological polar surface area (TPSA) is 66.9 Å². The van der Waals surface area contributed by atoms with Gasteiger partial charge in [0.15, 0.2) is 0 Å². The number of aromatic nitrogens is 2. The minimum atomic E-state index is -0.316. The van der Waals surface area contributed by atoms with Crippen molar-refractivity contribution in [3.8, 4) is 0 Å². The summed E-state index contributed by atoms with van der Waals surface area (Å²) >= 11 is 1.40. The zero-order chi connectivity index (χ0) is 16.7. The summed E-state index contributed by atoms with van der Waals surface area (Å²) in [5, 5.41) is 5.53. The lowest BCUT2D eigenvalue weighted by Gasteiger charge is -2.16. The SMILES string of the molecule is O=C1CS[C@@H](c2ccc(F)cc2)c2c(n(C3CCCC3)[nH]c2=O)N1. The third-order valence-electron chi connectivity index (χ3n) is 4.73. The summed E-state index contributed by atoms with van der Waals surface area (Å²) < 4.78 is 15.1. The Labute approximate surface area is 142 Å². The van der Waals surface area contributed by atoms with Crippen LogP contribution in [0.5, 0.6) is 0 Å². The molecule has 0 bridgehead atoms. The quantitative estimate of drug-likeness (QED) is 0.877. The maximum absolute atomic E-state index is 13.2. The summed E-state index contributed by atoms with van der Waals surface area (Å²) in [6.07, 6.45) is 4.26. The molecular weight excluding hydrogens is 329 g/mol. The highest BCUT2D eigenvalue weighted by molar-refractivity contribution is 8.00. The molecule has 2 aliphatic rings. The van der Waals surface area contributed by atoms with Crippen LogP contribution in [0.4, 0.5) is 10.2 Å². The molecule has 1 saturated carbocycles. The fourth-order valence-electron chi connectivity index (χ4n) is 3.58. The number of fused-ring (bicyclic) bond motifs is 1. The van der Waals surface area contributed by atoms with Crippen LogP contribution in [0, 0.1) is 5.82 Å². The van der Waals surface area contributed by atoms with Gasteiger partial charge in [-0.1, -0.05) is 25.0 Å². The number of carbonyl (C=O) groups is 1. The van der Waals surface area contributed by atoms with Gasteiger partial charge in [0.25, 0.3) is 5.56 Å². The van der Waals surface area contributed by atoms with Gasteiger partial charge in [-0.05, 0) is 30.5 Å². The third-order valence-corrected chi connectivity index (χ3v) is 6.00. The van der Waals surface area contributed by atoms with E-state index in [1.54, 1.807) is 12.1 Å². The third kappa shape index (κ3) is 2.66. The summed E-state index contributed by atoms with van der Waals surface area (Å²) in [7, 11) is 0. The predicted octanol–water partition coefficient (Wildman–Crippen LogP) is 3.21. The number of nitrogens with zero attached hydrogens (tertiary/aromatic N) is 1. The van der Waals surface area contributed by atoms with Crippen LogP contribution in [0.3, 0.4) is 0 Å². The molecule has 4 rings (SSSR count). The van der Waals surface area contributed by atoms with Crippen LogP contribution in [-0.4, -0.2) is 21.4 Å². The van der Waals surface area contributed by atoms with E-state index in [0.717, 1.165) is 31.2 Å². The van der Waals surface area contributed by atoms with Crippen molar-refractivity contribution in [1.29, 1.82) is 0 Å². The van der Waals surface area contributed by atoms with E-state index in [1.165, 1.54) is 23.9 Å². The largest absolute Gasteiger partial charge is 0.310 e. The van der Waals surface area contributed by atoms with Crippen LogP contribution >= 0.6 is 11.8 Å². The number of rotatable bonds is 2. The molecule has 1 aromatic carbocycles. The average Bonchev–Trinajstić information content (AvgIpc) is 3.15. The molecule has 0 saturated heterocycles. The Kier molecular flexibility index (Phi) is 3.96. The van der Waals surface area contributed by atoms with Gasteiger partial charge in [-0.15, -0.1) is 11.8 Å². The first kappa shape index (κ1) is 15.5. The molecular formula is C17H18FN3O2S. The minimum Gasteiger partial charge on any atom is -0.310 e. The number of carbonyl (C=O) groups excluding carboxylic acids is 1. The second kappa shape index (κ2) is 6.12. The van der Waals surface area contributed by atoms with Gasteiger partial charge in [0.2, 0.25) is 5.91 Å². The van der Waals surface area contributed by atoms with E-state index in [9.17, 15) is 14.0 Å². The molecule has 1 atom stereocenters. The molecule has 1 aliphatic carbocycles. The molecule has 7 heteroatoms. The Morgan fingerprint density at radius 3 is 2.54 bits per heavy atom. The Bertz CT molecular complexity index is 821. The van der Waals surface area contributed by atoms with Gasteiger partial charge in [-0.3, -0.25) is 19.4 Å². The molecule has 1 aromatic heterocycles. The first-order chi connectivity index (χ1) is 11.6. The highest BCUT2D eigenvalue weighted by Crippen LogP contribution is 2.41. The van der Waals surface area contributed by atoms with Crippen LogP contribution in [0.2, 0.25) is 0 Å². The van der Waals surface area contributed by atoms with Crippen molar-refractivity contribution in [2.45, 2.75) is 37.0 Å². The molecule has 2 heterocycles. The Hall–Kier alpha value is -2.02.